The van der Waals surface area contributed by atoms with Crippen LogP contribution in [0.25, 0.3) is 67.2 Å². The average molecular weight is 1170 g/mol. The summed E-state index contributed by atoms with van der Waals surface area (Å²) in [6, 6.07) is 37.1. The second-order valence-electron chi connectivity index (χ2n) is 23.7. The van der Waals surface area contributed by atoms with Crippen LogP contribution >= 0.6 is 0 Å². The molecule has 19 heteroatoms. The van der Waals surface area contributed by atoms with Crippen LogP contribution in [0, 0.1) is 0 Å². The van der Waals surface area contributed by atoms with Gasteiger partial charge in [-0.3, -0.25) is 19.4 Å². The molecule has 4 bridgehead atoms. The van der Waals surface area contributed by atoms with Crippen molar-refractivity contribution in [3.8, 4) is 114 Å². The number of aliphatic hydroxyl groups excluding tert-OH is 1. The molecular weight excluding hydrogens is 1120 g/mol. The van der Waals surface area contributed by atoms with Gasteiger partial charge in [0, 0.05) is 105 Å². The van der Waals surface area contributed by atoms with E-state index in [9.17, 15) is 45.6 Å². The molecule has 1 saturated heterocycles. The number of phenols is 7. The van der Waals surface area contributed by atoms with Crippen molar-refractivity contribution < 1.29 is 87.6 Å². The Morgan fingerprint density at radius 2 is 1.18 bits per heavy atom. The predicted octanol–water partition coefficient (Wildman–Crippen LogP) is 11.8. The molecule has 7 aromatic carbocycles. The van der Waals surface area contributed by atoms with Crippen molar-refractivity contribution in [2.45, 2.75) is 73.1 Å². The number of Topliss-reactive ketones (excluding diaryl/α,β-unsaturated/α-hetero) is 1. The van der Waals surface area contributed by atoms with Gasteiger partial charge in [0.15, 0.2) is 33.9 Å². The van der Waals surface area contributed by atoms with Crippen molar-refractivity contribution >= 4 is 27.7 Å². The number of furan rings is 2. The Morgan fingerprint density at radius 1 is 0.540 bits per heavy atom. The summed E-state index contributed by atoms with van der Waals surface area (Å²) in [5, 5.41) is 89.8. The highest BCUT2D eigenvalue weighted by atomic mass is 17.2. The monoisotopic (exact) mass is 1170 g/mol. The summed E-state index contributed by atoms with van der Waals surface area (Å²) in [4.78, 5) is 41.3. The number of aliphatic hydroxyl groups is 1. The van der Waals surface area contributed by atoms with Gasteiger partial charge < -0.3 is 73.1 Å². The Balaban J connectivity index is 0.691. The maximum Gasteiger partial charge on any atom is 0.272 e. The number of carbonyl (C=O) groups excluding carboxylic acids is 1. The fraction of sp³-hybridized carbons (Fsp3) is 0.176. The second kappa shape index (κ2) is 17.0. The molecule has 8 aliphatic rings. The third-order valence-electron chi connectivity index (χ3n) is 18.4. The Hall–Kier alpha value is -10.8. The van der Waals surface area contributed by atoms with Gasteiger partial charge in [-0.25, -0.2) is 0 Å². The highest BCUT2D eigenvalue weighted by molar-refractivity contribution is 6.00. The maximum absolute atomic E-state index is 15.0. The molecule has 8 N–H and O–H groups in total. The molecular formula is C68H46O19. The molecule has 19 nitrogen and oxygen atoms in total. The van der Waals surface area contributed by atoms with Crippen LogP contribution in [0.2, 0.25) is 0 Å². The minimum Gasteiger partial charge on any atom is -0.508 e. The largest absolute Gasteiger partial charge is 0.508 e. The molecule has 0 amide bonds. The van der Waals surface area contributed by atoms with Crippen molar-refractivity contribution in [3.05, 3.63) is 189 Å². The molecule has 8 unspecified atom stereocenters. The third kappa shape index (κ3) is 6.99. The zero-order chi connectivity index (χ0) is 59.5. The van der Waals surface area contributed by atoms with Gasteiger partial charge in [-0.1, -0.05) is 12.1 Å². The Labute approximate surface area is 490 Å². The topological polar surface area (TPSA) is 294 Å². The molecule has 9 aromatic rings. The lowest BCUT2D eigenvalue weighted by molar-refractivity contribution is -0.145. The highest BCUT2D eigenvalue weighted by Crippen LogP contribution is 2.78. The van der Waals surface area contributed by atoms with Crippen molar-refractivity contribution in [1.29, 1.82) is 0 Å². The minimum atomic E-state index is -1.79. The zero-order valence-corrected chi connectivity index (χ0v) is 45.6. The van der Waals surface area contributed by atoms with Crippen LogP contribution < -0.4 is 29.4 Å². The standard InChI is InChI=1S/C68H46O19/c1-65-27-42-57-47(75)15-31(49-17-29-3-5-35(71)23-51(29)79-49)19-55(57)81-62(40-12-7-33(69)21-45(40)73)58(42)59(63(65)77)41-13-10-38(26-54(41)83-65)86-85-37-9-4-30-18-50(80-52(30)25-37)32-16-48(76)60-56(20-32)84-68(43-14-8-34(70)22-46(43)74)67(87-68)44-28-66(2,64(78)61(60)67)82-53-24-36(72)6-11-39(44)53/h3-26,44,59,61,63,69-74,76-77H,27-28H2,1-2H3. The van der Waals surface area contributed by atoms with E-state index in [1.165, 1.54) is 66.7 Å². The lowest BCUT2D eigenvalue weighted by Gasteiger charge is -2.51. The molecule has 17 rings (SSSR count). The van der Waals surface area contributed by atoms with Crippen LogP contribution in [0.4, 0.5) is 0 Å². The van der Waals surface area contributed by atoms with Gasteiger partial charge in [-0.2, -0.15) is 0 Å². The first kappa shape index (κ1) is 50.7. The number of fused-ring (bicyclic) bond motifs is 16. The summed E-state index contributed by atoms with van der Waals surface area (Å²) >= 11 is 0. The third-order valence-corrected chi connectivity index (χ3v) is 18.4. The Morgan fingerprint density at radius 3 is 1.95 bits per heavy atom. The van der Waals surface area contributed by atoms with Crippen LogP contribution in [-0.2, 0) is 21.7 Å². The first-order valence-electron chi connectivity index (χ1n) is 27.9. The van der Waals surface area contributed by atoms with Crippen molar-refractivity contribution in [2.24, 2.45) is 0 Å². The molecule has 0 radical (unpaired) electrons. The summed E-state index contributed by atoms with van der Waals surface area (Å²) in [6.45, 7) is 3.42. The SMILES string of the molecule is CC12CC(c3ccc(O)cc3O1)C13OC1(c1ccc(O)cc1O)Oc1cc(-c4cc5ccc(OOc6ccc7c(c6)OC6(C)Cc8c(c(-c9ccc(O)cc9O)oc9cc(-c%10cc%11ccc(O)cc%11o%10)cc(=O)c8-9)C7C6O)cc5o4)cc(O)c1C3C2=O. The van der Waals surface area contributed by atoms with E-state index < -0.39 is 57.7 Å². The molecule has 432 valence electrons. The van der Waals surface area contributed by atoms with E-state index in [-0.39, 0.29) is 104 Å². The minimum absolute atomic E-state index is 0.0171. The zero-order valence-electron chi connectivity index (χ0n) is 45.6. The number of epoxide rings is 1. The van der Waals surface area contributed by atoms with Crippen LogP contribution in [0.15, 0.2) is 164 Å². The summed E-state index contributed by atoms with van der Waals surface area (Å²) in [6.07, 6.45) is -0.992. The van der Waals surface area contributed by atoms with Gasteiger partial charge >= 0.3 is 0 Å². The van der Waals surface area contributed by atoms with E-state index in [4.69, 9.17) is 42.0 Å². The molecule has 1 spiro atoms. The number of hydrogen-bond acceptors (Lipinski definition) is 19. The first-order chi connectivity index (χ1) is 41.8. The van der Waals surface area contributed by atoms with Gasteiger partial charge in [-0.05, 0) is 116 Å². The average Bonchev–Trinajstić information content (AvgIpc) is 1.47. The highest BCUT2D eigenvalue weighted by Gasteiger charge is 2.88. The van der Waals surface area contributed by atoms with Crippen LogP contribution in [0.1, 0.15) is 71.4 Å². The summed E-state index contributed by atoms with van der Waals surface area (Å²) < 4.78 is 45.8. The van der Waals surface area contributed by atoms with Gasteiger partial charge in [0.2, 0.25) is 0 Å². The van der Waals surface area contributed by atoms with E-state index in [1.54, 1.807) is 86.6 Å². The molecule has 2 aromatic heterocycles. The molecule has 2 fully saturated rings. The smallest absolute Gasteiger partial charge is 0.272 e. The molecule has 87 heavy (non-hydrogen) atoms. The number of ketones is 1. The van der Waals surface area contributed by atoms with E-state index >= 15 is 4.79 Å². The molecule has 5 aliphatic heterocycles. The molecule has 1 saturated carbocycles. The molecule has 7 heterocycles. The fourth-order valence-electron chi connectivity index (χ4n) is 14.5. The van der Waals surface area contributed by atoms with Gasteiger partial charge in [0.05, 0.1) is 22.6 Å². The number of rotatable bonds is 7. The number of phenolic OH excluding ortho intramolecular Hbond substituents is 7. The number of benzene rings is 8. The van der Waals surface area contributed by atoms with Crippen molar-refractivity contribution in [1.82, 2.24) is 0 Å². The summed E-state index contributed by atoms with van der Waals surface area (Å²) in [5.41, 5.74) is -0.182. The predicted molar refractivity (Wildman–Crippen MR) is 307 cm³/mol. The molecule has 3 aliphatic carbocycles. The number of aromatic hydroxyl groups is 7. The van der Waals surface area contributed by atoms with E-state index in [1.807, 2.05) is 0 Å². The van der Waals surface area contributed by atoms with E-state index in [0.717, 1.165) is 6.07 Å². The van der Waals surface area contributed by atoms with Gasteiger partial charge in [0.25, 0.3) is 5.79 Å². The number of ether oxygens (including phenoxy) is 4. The fourth-order valence-corrected chi connectivity index (χ4v) is 14.5. The van der Waals surface area contributed by atoms with Crippen LogP contribution in [0.3, 0.4) is 0 Å². The summed E-state index contributed by atoms with van der Waals surface area (Å²) in [5.74, 6) is -4.06. The van der Waals surface area contributed by atoms with Gasteiger partial charge in [0.1, 0.15) is 103 Å². The Bertz CT molecular complexity index is 4920. The lowest BCUT2D eigenvalue weighted by Crippen LogP contribution is -2.61. The maximum atomic E-state index is 15.0. The first-order valence-corrected chi connectivity index (χ1v) is 27.9. The normalized spacial score (nSPS) is 25.0. The molecule has 8 atom stereocenters. The summed E-state index contributed by atoms with van der Waals surface area (Å²) in [7, 11) is 0. The number of hydrogen-bond donors (Lipinski definition) is 8. The van der Waals surface area contributed by atoms with Crippen molar-refractivity contribution in [2.75, 3.05) is 0 Å². The quantitative estimate of drug-likeness (QED) is 0.0418. The number of carbonyl (C=O) groups is 1. The van der Waals surface area contributed by atoms with E-state index in [2.05, 4.69) is 0 Å². The second-order valence-corrected chi connectivity index (χ2v) is 23.7. The lowest BCUT2D eigenvalue weighted by atomic mass is 9.56. The Kier molecular flexibility index (Phi) is 9.91. The van der Waals surface area contributed by atoms with E-state index in [0.29, 0.717) is 78.3 Å². The van der Waals surface area contributed by atoms with Crippen molar-refractivity contribution in [3.63, 3.8) is 0 Å². The van der Waals surface area contributed by atoms with Gasteiger partial charge in [-0.15, -0.1) is 0 Å². The van der Waals surface area contributed by atoms with Crippen LogP contribution in [-0.4, -0.2) is 69.5 Å². The van der Waals surface area contributed by atoms with Crippen LogP contribution in [0.5, 0.6) is 69.0 Å².